The molecule has 0 radical (unpaired) electrons. The quantitative estimate of drug-likeness (QED) is 0.701. The summed E-state index contributed by atoms with van der Waals surface area (Å²) in [5.41, 5.74) is 5.76. The lowest BCUT2D eigenvalue weighted by molar-refractivity contribution is 0.469. The Kier molecular flexibility index (Phi) is 3.02. The Labute approximate surface area is 77.1 Å². The van der Waals surface area contributed by atoms with Crippen LogP contribution in [0.15, 0.2) is 30.3 Å². The van der Waals surface area contributed by atoms with Crippen molar-refractivity contribution in [2.24, 2.45) is 5.73 Å². The highest BCUT2D eigenvalue weighted by atomic mass is 32.2. The molecule has 4 nitrogen and oxygen atoms in total. The Morgan fingerprint density at radius 3 is 2.23 bits per heavy atom. The predicted molar refractivity (Wildman–Crippen MR) is 49.8 cm³/mol. The molecule has 1 atom stereocenters. The predicted octanol–water partition coefficient (Wildman–Crippen LogP) is 0.574. The zero-order valence-electron chi connectivity index (χ0n) is 6.92. The standard InChI is InChI=1S/C8H11NO3S/c9-6-8(13(10,11)12)7-4-2-1-3-5-7/h1-5,8H,6,9H2,(H,10,11,12)/t8-/m0/s1. The minimum absolute atomic E-state index is 0.122. The molecule has 0 aliphatic carbocycles. The average molecular weight is 201 g/mol. The average Bonchev–Trinajstić information content (AvgIpc) is 2.05. The Morgan fingerprint density at radius 2 is 1.85 bits per heavy atom. The molecule has 0 fully saturated rings. The third-order valence-electron chi connectivity index (χ3n) is 1.74. The molecule has 1 rings (SSSR count). The second kappa shape index (κ2) is 3.87. The fraction of sp³-hybridized carbons (Fsp3) is 0.250. The topological polar surface area (TPSA) is 80.4 Å². The molecule has 0 aliphatic heterocycles. The van der Waals surface area contributed by atoms with E-state index in [9.17, 15) is 8.42 Å². The van der Waals surface area contributed by atoms with Crippen LogP contribution in [0.2, 0.25) is 0 Å². The minimum Gasteiger partial charge on any atom is -0.329 e. The molecule has 0 aromatic heterocycles. The zero-order valence-corrected chi connectivity index (χ0v) is 7.74. The Balaban J connectivity index is 3.06. The highest BCUT2D eigenvalue weighted by molar-refractivity contribution is 7.86. The number of hydrogen-bond acceptors (Lipinski definition) is 3. The molecular weight excluding hydrogens is 190 g/mol. The van der Waals surface area contributed by atoms with Gasteiger partial charge in [0.15, 0.2) is 0 Å². The van der Waals surface area contributed by atoms with Crippen LogP contribution in [0.4, 0.5) is 0 Å². The van der Waals surface area contributed by atoms with Crippen LogP contribution < -0.4 is 5.73 Å². The number of benzene rings is 1. The van der Waals surface area contributed by atoms with Crippen molar-refractivity contribution in [2.45, 2.75) is 5.25 Å². The molecule has 0 saturated carbocycles. The van der Waals surface area contributed by atoms with Crippen LogP contribution in [-0.2, 0) is 10.1 Å². The van der Waals surface area contributed by atoms with Gasteiger partial charge in [-0.3, -0.25) is 4.55 Å². The van der Waals surface area contributed by atoms with Gasteiger partial charge in [-0.2, -0.15) is 8.42 Å². The maximum absolute atomic E-state index is 10.8. The summed E-state index contributed by atoms with van der Waals surface area (Å²) in [5.74, 6) is 0. The number of rotatable bonds is 3. The number of nitrogens with two attached hydrogens (primary N) is 1. The van der Waals surface area contributed by atoms with Gasteiger partial charge >= 0.3 is 0 Å². The van der Waals surface area contributed by atoms with Gasteiger partial charge in [-0.1, -0.05) is 30.3 Å². The molecule has 13 heavy (non-hydrogen) atoms. The van der Waals surface area contributed by atoms with E-state index < -0.39 is 15.4 Å². The fourth-order valence-corrected chi connectivity index (χ4v) is 1.84. The molecule has 0 aliphatic rings. The van der Waals surface area contributed by atoms with Crippen LogP contribution in [0.25, 0.3) is 0 Å². The smallest absolute Gasteiger partial charge is 0.273 e. The first-order chi connectivity index (χ1) is 6.05. The summed E-state index contributed by atoms with van der Waals surface area (Å²) in [5, 5.41) is -1.02. The summed E-state index contributed by atoms with van der Waals surface area (Å²) in [4.78, 5) is 0. The molecule has 0 bridgehead atoms. The molecule has 0 saturated heterocycles. The third-order valence-corrected chi connectivity index (χ3v) is 2.93. The van der Waals surface area contributed by atoms with Gasteiger partial charge in [-0.15, -0.1) is 0 Å². The van der Waals surface area contributed by atoms with Gasteiger partial charge in [0.1, 0.15) is 5.25 Å². The summed E-state index contributed by atoms with van der Waals surface area (Å²) < 4.78 is 30.5. The van der Waals surface area contributed by atoms with Gasteiger partial charge in [0.25, 0.3) is 10.1 Å². The first-order valence-electron chi connectivity index (χ1n) is 3.77. The van der Waals surface area contributed by atoms with E-state index in [0.717, 1.165) is 0 Å². The van der Waals surface area contributed by atoms with E-state index in [0.29, 0.717) is 5.56 Å². The maximum Gasteiger partial charge on any atom is 0.273 e. The second-order valence-corrected chi connectivity index (χ2v) is 4.25. The number of hydrogen-bond donors (Lipinski definition) is 2. The van der Waals surface area contributed by atoms with Crippen molar-refractivity contribution in [3.63, 3.8) is 0 Å². The van der Waals surface area contributed by atoms with Crippen LogP contribution in [0.3, 0.4) is 0 Å². The summed E-state index contributed by atoms with van der Waals surface area (Å²) >= 11 is 0. The molecule has 5 heteroatoms. The summed E-state index contributed by atoms with van der Waals surface area (Å²) in [6, 6.07) is 8.39. The molecule has 72 valence electrons. The van der Waals surface area contributed by atoms with E-state index >= 15 is 0 Å². The maximum atomic E-state index is 10.8. The molecule has 0 heterocycles. The lowest BCUT2D eigenvalue weighted by Crippen LogP contribution is -2.21. The molecule has 0 amide bonds. The van der Waals surface area contributed by atoms with Crippen molar-refractivity contribution in [3.8, 4) is 0 Å². The zero-order chi connectivity index (χ0) is 9.90. The van der Waals surface area contributed by atoms with Crippen molar-refractivity contribution >= 4 is 10.1 Å². The molecule has 3 N–H and O–H groups in total. The van der Waals surface area contributed by atoms with Gasteiger partial charge in [-0.25, -0.2) is 0 Å². The molecule has 1 aromatic carbocycles. The summed E-state index contributed by atoms with van der Waals surface area (Å²) in [7, 11) is -4.09. The first kappa shape index (κ1) is 10.2. The highest BCUT2D eigenvalue weighted by Gasteiger charge is 2.22. The van der Waals surface area contributed by atoms with Crippen LogP contribution in [0, 0.1) is 0 Å². The third kappa shape index (κ3) is 2.51. The minimum atomic E-state index is -4.09. The Bertz CT molecular complexity index is 360. The van der Waals surface area contributed by atoms with E-state index in [1.165, 1.54) is 0 Å². The van der Waals surface area contributed by atoms with E-state index in [-0.39, 0.29) is 6.54 Å². The Morgan fingerprint density at radius 1 is 1.31 bits per heavy atom. The van der Waals surface area contributed by atoms with Gasteiger partial charge < -0.3 is 5.73 Å². The van der Waals surface area contributed by atoms with Crippen molar-refractivity contribution in [2.75, 3.05) is 6.54 Å². The van der Waals surface area contributed by atoms with Crippen LogP contribution in [-0.4, -0.2) is 19.5 Å². The lowest BCUT2D eigenvalue weighted by atomic mass is 10.1. The molecule has 0 spiro atoms. The SMILES string of the molecule is NC[C@@H](c1ccccc1)S(=O)(=O)O. The molecule has 1 aromatic rings. The van der Waals surface area contributed by atoms with Crippen LogP contribution >= 0.6 is 0 Å². The van der Waals surface area contributed by atoms with Crippen molar-refractivity contribution in [1.29, 1.82) is 0 Å². The van der Waals surface area contributed by atoms with Gasteiger partial charge in [-0.05, 0) is 5.56 Å². The second-order valence-electron chi connectivity index (χ2n) is 2.65. The van der Waals surface area contributed by atoms with E-state index in [1.54, 1.807) is 30.3 Å². The van der Waals surface area contributed by atoms with Crippen LogP contribution in [0.5, 0.6) is 0 Å². The summed E-state index contributed by atoms with van der Waals surface area (Å²) in [6.45, 7) is -0.122. The van der Waals surface area contributed by atoms with Crippen molar-refractivity contribution in [3.05, 3.63) is 35.9 Å². The highest BCUT2D eigenvalue weighted by Crippen LogP contribution is 2.19. The van der Waals surface area contributed by atoms with E-state index in [2.05, 4.69) is 0 Å². The lowest BCUT2D eigenvalue weighted by Gasteiger charge is -2.10. The van der Waals surface area contributed by atoms with Crippen molar-refractivity contribution in [1.82, 2.24) is 0 Å². The fourth-order valence-electron chi connectivity index (χ4n) is 1.10. The monoisotopic (exact) mass is 201 g/mol. The summed E-state index contributed by atoms with van der Waals surface area (Å²) in [6.07, 6.45) is 0. The first-order valence-corrected chi connectivity index (χ1v) is 5.27. The van der Waals surface area contributed by atoms with Gasteiger partial charge in [0.2, 0.25) is 0 Å². The van der Waals surface area contributed by atoms with Gasteiger partial charge in [0.05, 0.1) is 0 Å². The van der Waals surface area contributed by atoms with Gasteiger partial charge in [0, 0.05) is 6.54 Å². The van der Waals surface area contributed by atoms with E-state index in [4.69, 9.17) is 10.3 Å². The normalized spacial score (nSPS) is 14.0. The van der Waals surface area contributed by atoms with Crippen LogP contribution in [0.1, 0.15) is 10.8 Å². The molecule has 0 unspecified atom stereocenters. The Hall–Kier alpha value is -0.910. The largest absolute Gasteiger partial charge is 0.329 e. The van der Waals surface area contributed by atoms with Crippen molar-refractivity contribution < 1.29 is 13.0 Å². The molecular formula is C8H11NO3S. The van der Waals surface area contributed by atoms with E-state index in [1.807, 2.05) is 0 Å².